The van der Waals surface area contributed by atoms with Gasteiger partial charge in [0.1, 0.15) is 5.03 Å². The minimum atomic E-state index is 0.781. The van der Waals surface area contributed by atoms with Crippen molar-refractivity contribution >= 4 is 28.2 Å². The third kappa shape index (κ3) is 3.64. The molecule has 0 amide bonds. The molecule has 0 aliphatic heterocycles. The molecule has 0 aliphatic carbocycles. The van der Waals surface area contributed by atoms with E-state index in [9.17, 15) is 0 Å². The zero-order valence-corrected chi connectivity index (χ0v) is 14.0. The van der Waals surface area contributed by atoms with Gasteiger partial charge in [-0.25, -0.2) is 9.97 Å². The van der Waals surface area contributed by atoms with Gasteiger partial charge in [-0.3, -0.25) is 4.98 Å². The molecule has 1 aromatic carbocycles. The number of hydrogen-bond acceptors (Lipinski definition) is 6. The molecule has 0 radical (unpaired) electrons. The Kier molecular flexibility index (Phi) is 4.70. The number of nitrogens with zero attached hydrogens (tertiary/aromatic N) is 3. The van der Waals surface area contributed by atoms with Crippen LogP contribution in [-0.4, -0.2) is 15.0 Å². The molecule has 0 unspecified atom stereocenters. The molecule has 112 valence electrons. The smallest absolute Gasteiger partial charge is 0.182 e. The second-order valence-electron chi connectivity index (χ2n) is 4.84. The standard InChI is InChI=1S/C16H16N4S2/c1-11-9-13(10-20-16-19-7-8-21-16)3-4-14(11)22-15-12(2)17-5-6-18-15/h3-9H,10H2,1-2H3,(H,19,20). The Morgan fingerprint density at radius 2 is 1.95 bits per heavy atom. The number of aryl methyl sites for hydroxylation is 2. The van der Waals surface area contributed by atoms with E-state index in [4.69, 9.17) is 0 Å². The lowest BCUT2D eigenvalue weighted by atomic mass is 10.1. The van der Waals surface area contributed by atoms with Crippen molar-refractivity contribution in [3.05, 3.63) is 59.0 Å². The number of benzene rings is 1. The van der Waals surface area contributed by atoms with Crippen LogP contribution in [0.1, 0.15) is 16.8 Å². The largest absolute Gasteiger partial charge is 0.357 e. The molecule has 0 aliphatic rings. The monoisotopic (exact) mass is 328 g/mol. The molecule has 1 N–H and O–H groups in total. The third-order valence-electron chi connectivity index (χ3n) is 3.16. The van der Waals surface area contributed by atoms with Crippen LogP contribution in [0.15, 0.2) is 52.1 Å². The van der Waals surface area contributed by atoms with Crippen molar-refractivity contribution in [2.45, 2.75) is 30.3 Å². The molecule has 0 atom stereocenters. The maximum atomic E-state index is 4.39. The summed E-state index contributed by atoms with van der Waals surface area (Å²) in [7, 11) is 0. The molecule has 0 bridgehead atoms. The average Bonchev–Trinajstić information content (AvgIpc) is 3.03. The van der Waals surface area contributed by atoms with E-state index in [1.165, 1.54) is 16.0 Å². The van der Waals surface area contributed by atoms with Gasteiger partial charge in [-0.2, -0.15) is 0 Å². The highest BCUT2D eigenvalue weighted by molar-refractivity contribution is 7.99. The lowest BCUT2D eigenvalue weighted by Crippen LogP contribution is -1.99. The first-order valence-electron chi connectivity index (χ1n) is 6.91. The van der Waals surface area contributed by atoms with Gasteiger partial charge in [0.05, 0.1) is 5.69 Å². The zero-order valence-electron chi connectivity index (χ0n) is 12.4. The molecule has 22 heavy (non-hydrogen) atoms. The fraction of sp³-hybridized carbons (Fsp3) is 0.188. The Morgan fingerprint density at radius 1 is 1.09 bits per heavy atom. The van der Waals surface area contributed by atoms with Crippen LogP contribution in [0.5, 0.6) is 0 Å². The first-order valence-corrected chi connectivity index (χ1v) is 8.60. The summed E-state index contributed by atoms with van der Waals surface area (Å²) in [4.78, 5) is 14.1. The fourth-order valence-corrected chi connectivity index (χ4v) is 3.43. The van der Waals surface area contributed by atoms with Crippen molar-refractivity contribution in [2.75, 3.05) is 5.32 Å². The van der Waals surface area contributed by atoms with E-state index in [0.717, 1.165) is 22.4 Å². The Hall–Kier alpha value is -1.92. The van der Waals surface area contributed by atoms with E-state index in [2.05, 4.69) is 45.4 Å². The summed E-state index contributed by atoms with van der Waals surface area (Å²) in [5, 5.41) is 7.20. The van der Waals surface area contributed by atoms with Crippen molar-refractivity contribution in [3.8, 4) is 0 Å². The number of hydrogen-bond donors (Lipinski definition) is 1. The van der Waals surface area contributed by atoms with Crippen molar-refractivity contribution in [1.29, 1.82) is 0 Å². The van der Waals surface area contributed by atoms with Gasteiger partial charge >= 0.3 is 0 Å². The molecule has 0 spiro atoms. The van der Waals surface area contributed by atoms with Crippen molar-refractivity contribution < 1.29 is 0 Å². The van der Waals surface area contributed by atoms with E-state index < -0.39 is 0 Å². The summed E-state index contributed by atoms with van der Waals surface area (Å²) in [6.45, 7) is 4.89. The SMILES string of the molecule is Cc1cc(CNc2nccs2)ccc1Sc1nccnc1C. The summed E-state index contributed by atoms with van der Waals surface area (Å²) < 4.78 is 0. The topological polar surface area (TPSA) is 50.7 Å². The van der Waals surface area contributed by atoms with Gasteiger partial charge < -0.3 is 5.32 Å². The van der Waals surface area contributed by atoms with Crippen LogP contribution >= 0.6 is 23.1 Å². The summed E-state index contributed by atoms with van der Waals surface area (Å²) >= 11 is 3.27. The number of rotatable bonds is 5. The molecule has 0 fully saturated rings. The van der Waals surface area contributed by atoms with Gasteiger partial charge in [-0.15, -0.1) is 11.3 Å². The molecule has 3 rings (SSSR count). The van der Waals surface area contributed by atoms with Gasteiger partial charge in [0.15, 0.2) is 5.13 Å². The molecular weight excluding hydrogens is 312 g/mol. The zero-order chi connectivity index (χ0) is 15.4. The van der Waals surface area contributed by atoms with E-state index in [0.29, 0.717) is 0 Å². The van der Waals surface area contributed by atoms with Crippen molar-refractivity contribution in [1.82, 2.24) is 15.0 Å². The summed E-state index contributed by atoms with van der Waals surface area (Å²) in [5.41, 5.74) is 3.45. The molecule has 2 aromatic heterocycles. The molecule has 6 heteroatoms. The van der Waals surface area contributed by atoms with Gasteiger partial charge in [-0.1, -0.05) is 23.9 Å². The lowest BCUT2D eigenvalue weighted by Gasteiger charge is -2.09. The highest BCUT2D eigenvalue weighted by atomic mass is 32.2. The lowest BCUT2D eigenvalue weighted by molar-refractivity contribution is 0.984. The van der Waals surface area contributed by atoms with Crippen LogP contribution in [0.2, 0.25) is 0 Å². The number of thiazole rings is 1. The minimum absolute atomic E-state index is 0.781. The van der Waals surface area contributed by atoms with E-state index in [-0.39, 0.29) is 0 Å². The fourth-order valence-electron chi connectivity index (χ4n) is 2.02. The van der Waals surface area contributed by atoms with Crippen LogP contribution in [0.3, 0.4) is 0 Å². The van der Waals surface area contributed by atoms with Crippen molar-refractivity contribution in [3.63, 3.8) is 0 Å². The van der Waals surface area contributed by atoms with Crippen molar-refractivity contribution in [2.24, 2.45) is 0 Å². The molecule has 0 saturated heterocycles. The Balaban J connectivity index is 1.71. The van der Waals surface area contributed by atoms with E-state index in [1.54, 1.807) is 41.7 Å². The van der Waals surface area contributed by atoms with Crippen LogP contribution in [0, 0.1) is 13.8 Å². The quantitative estimate of drug-likeness (QED) is 0.756. The second kappa shape index (κ2) is 6.89. The van der Waals surface area contributed by atoms with Crippen LogP contribution < -0.4 is 5.32 Å². The van der Waals surface area contributed by atoms with Crippen LogP contribution in [0.25, 0.3) is 0 Å². The summed E-state index contributed by atoms with van der Waals surface area (Å²) in [5.74, 6) is 0. The molecule has 3 aromatic rings. The minimum Gasteiger partial charge on any atom is -0.357 e. The van der Waals surface area contributed by atoms with Gasteiger partial charge in [0, 0.05) is 35.4 Å². The highest BCUT2D eigenvalue weighted by Crippen LogP contribution is 2.30. The molecule has 4 nitrogen and oxygen atoms in total. The Labute approximate surface area is 138 Å². The van der Waals surface area contributed by atoms with E-state index >= 15 is 0 Å². The summed E-state index contributed by atoms with van der Waals surface area (Å²) in [6.07, 6.45) is 5.26. The van der Waals surface area contributed by atoms with Gasteiger partial charge in [-0.05, 0) is 31.0 Å². The predicted molar refractivity (Wildman–Crippen MR) is 91.5 cm³/mol. The van der Waals surface area contributed by atoms with Crippen LogP contribution in [-0.2, 0) is 6.54 Å². The van der Waals surface area contributed by atoms with Gasteiger partial charge in [0.25, 0.3) is 0 Å². The summed E-state index contributed by atoms with van der Waals surface area (Å²) in [6, 6.07) is 6.49. The predicted octanol–water partition coefficient (Wildman–Crippen LogP) is 4.31. The first kappa shape index (κ1) is 15.0. The van der Waals surface area contributed by atoms with Crippen LogP contribution in [0.4, 0.5) is 5.13 Å². The maximum Gasteiger partial charge on any atom is 0.182 e. The number of anilines is 1. The van der Waals surface area contributed by atoms with Gasteiger partial charge in [0.2, 0.25) is 0 Å². The number of aromatic nitrogens is 3. The molecule has 0 saturated carbocycles. The normalized spacial score (nSPS) is 10.6. The van der Waals surface area contributed by atoms with E-state index in [1.807, 2.05) is 12.3 Å². The first-order chi connectivity index (χ1) is 10.7. The average molecular weight is 328 g/mol. The maximum absolute atomic E-state index is 4.39. The Bertz CT molecular complexity index is 757. The highest BCUT2D eigenvalue weighted by Gasteiger charge is 2.07. The molecular formula is C16H16N4S2. The second-order valence-corrected chi connectivity index (χ2v) is 6.76. The third-order valence-corrected chi connectivity index (χ3v) is 5.16. The number of nitrogens with one attached hydrogen (secondary N) is 1. The Morgan fingerprint density at radius 3 is 2.68 bits per heavy atom. The molecule has 2 heterocycles.